The van der Waals surface area contributed by atoms with Crippen molar-refractivity contribution in [2.75, 3.05) is 33.3 Å². The Morgan fingerprint density at radius 1 is 1.11 bits per heavy atom. The molecule has 7 nitrogen and oxygen atoms in total. The zero-order chi connectivity index (χ0) is 24.7. The summed E-state index contributed by atoms with van der Waals surface area (Å²) in [4.78, 5) is 30.9. The molecule has 3 aliphatic rings. The second-order valence-electron chi connectivity index (χ2n) is 10.6. The second-order valence-corrected chi connectivity index (χ2v) is 10.6. The highest BCUT2D eigenvalue weighted by molar-refractivity contribution is 5.78. The molecule has 1 aliphatic carbocycles. The van der Waals surface area contributed by atoms with E-state index in [-0.39, 0.29) is 5.91 Å². The second kappa shape index (κ2) is 9.28. The monoisotopic (exact) mass is 483 g/mol. The Hall–Kier alpha value is -3.32. The standard InChI is InChI=1S/C29H33N5O2/c1-20-9-12-30-28(32-20)22-3-7-25-21(15-22)4-8-26(25)34-18-29(19-34)10-13-33(14-11-29)27(35)16-23-5-6-24(36-2)17-31-23/h3,5-7,9,12,15,17,26H,4,8,10-11,13-14,16,18-19H2,1-2H3/t26-/m1/s1. The minimum absolute atomic E-state index is 0.178. The van der Waals surface area contributed by atoms with E-state index in [0.717, 1.165) is 68.2 Å². The predicted octanol–water partition coefficient (Wildman–Crippen LogP) is 4.01. The summed E-state index contributed by atoms with van der Waals surface area (Å²) < 4.78 is 5.16. The molecule has 4 heterocycles. The van der Waals surface area contributed by atoms with Gasteiger partial charge in [-0.25, -0.2) is 9.97 Å². The van der Waals surface area contributed by atoms with Gasteiger partial charge < -0.3 is 9.64 Å². The van der Waals surface area contributed by atoms with Crippen LogP contribution in [0.3, 0.4) is 0 Å². The summed E-state index contributed by atoms with van der Waals surface area (Å²) in [5.74, 6) is 1.70. The zero-order valence-corrected chi connectivity index (χ0v) is 21.1. The predicted molar refractivity (Wildman–Crippen MR) is 138 cm³/mol. The van der Waals surface area contributed by atoms with E-state index >= 15 is 0 Å². The van der Waals surface area contributed by atoms with Crippen LogP contribution < -0.4 is 4.74 Å². The maximum atomic E-state index is 12.8. The molecule has 1 aromatic carbocycles. The van der Waals surface area contributed by atoms with Crippen LogP contribution in [0.4, 0.5) is 0 Å². The summed E-state index contributed by atoms with van der Waals surface area (Å²) in [6, 6.07) is 13.0. The van der Waals surface area contributed by atoms with Crippen molar-refractivity contribution in [3.8, 4) is 17.1 Å². The minimum atomic E-state index is 0.178. The van der Waals surface area contributed by atoms with Gasteiger partial charge in [0.05, 0.1) is 19.7 Å². The lowest BCUT2D eigenvalue weighted by Crippen LogP contribution is -2.61. The zero-order valence-electron chi connectivity index (χ0n) is 21.1. The Kier molecular flexibility index (Phi) is 5.96. The maximum absolute atomic E-state index is 12.8. The first kappa shape index (κ1) is 23.1. The van der Waals surface area contributed by atoms with E-state index in [0.29, 0.717) is 23.6 Å². The molecule has 0 unspecified atom stereocenters. The minimum Gasteiger partial charge on any atom is -0.495 e. The van der Waals surface area contributed by atoms with Crippen LogP contribution >= 0.6 is 0 Å². The van der Waals surface area contributed by atoms with Gasteiger partial charge in [-0.1, -0.05) is 12.1 Å². The highest BCUT2D eigenvalue weighted by Gasteiger charge is 2.48. The van der Waals surface area contributed by atoms with Crippen molar-refractivity contribution in [3.63, 3.8) is 0 Å². The number of benzene rings is 1. The van der Waals surface area contributed by atoms with Crippen molar-refractivity contribution in [2.45, 2.75) is 45.1 Å². The number of piperidine rings is 1. The Morgan fingerprint density at radius 2 is 1.94 bits per heavy atom. The molecule has 0 radical (unpaired) electrons. The van der Waals surface area contributed by atoms with Gasteiger partial charge in [0.15, 0.2) is 5.82 Å². The first-order valence-electron chi connectivity index (χ1n) is 13.0. The number of aryl methyl sites for hydroxylation is 2. The molecule has 0 saturated carbocycles. The van der Waals surface area contributed by atoms with Crippen molar-refractivity contribution < 1.29 is 9.53 Å². The van der Waals surface area contributed by atoms with Crippen molar-refractivity contribution >= 4 is 5.91 Å². The third-order valence-electron chi connectivity index (χ3n) is 8.30. The SMILES string of the molecule is COc1ccc(CC(=O)N2CCC3(CC2)CN([C@@H]2CCc4cc(-c5nccc(C)n5)ccc42)C3)nc1. The number of methoxy groups -OCH3 is 1. The first-order chi connectivity index (χ1) is 17.5. The first-order valence-corrected chi connectivity index (χ1v) is 13.0. The van der Waals surface area contributed by atoms with Gasteiger partial charge in [-0.3, -0.25) is 14.7 Å². The number of aromatic nitrogens is 3. The number of carbonyl (C=O) groups is 1. The molecule has 2 saturated heterocycles. The van der Waals surface area contributed by atoms with Gasteiger partial charge in [0.25, 0.3) is 0 Å². The van der Waals surface area contributed by atoms with Gasteiger partial charge in [0.1, 0.15) is 5.75 Å². The molecule has 0 bridgehead atoms. The van der Waals surface area contributed by atoms with Crippen molar-refractivity contribution in [1.29, 1.82) is 0 Å². The summed E-state index contributed by atoms with van der Waals surface area (Å²) in [7, 11) is 1.62. The van der Waals surface area contributed by atoms with E-state index in [1.807, 2.05) is 36.2 Å². The molecule has 7 heteroatoms. The summed E-state index contributed by atoms with van der Waals surface area (Å²) in [5, 5.41) is 0. The number of likely N-dealkylation sites (tertiary alicyclic amines) is 2. The normalized spacial score (nSPS) is 20.7. The Morgan fingerprint density at radius 3 is 2.67 bits per heavy atom. The highest BCUT2D eigenvalue weighted by atomic mass is 16.5. The van der Waals surface area contributed by atoms with Crippen molar-refractivity contribution in [1.82, 2.24) is 24.8 Å². The fraction of sp³-hybridized carbons (Fsp3) is 0.448. The molecule has 6 rings (SSSR count). The number of ether oxygens (including phenoxy) is 1. The molecule has 186 valence electrons. The van der Waals surface area contributed by atoms with Gasteiger partial charge >= 0.3 is 0 Å². The van der Waals surface area contributed by atoms with E-state index < -0.39 is 0 Å². The lowest BCUT2D eigenvalue weighted by molar-refractivity contribution is -0.136. The van der Waals surface area contributed by atoms with Crippen molar-refractivity contribution in [3.05, 3.63) is 71.3 Å². The van der Waals surface area contributed by atoms with E-state index in [4.69, 9.17) is 4.74 Å². The van der Waals surface area contributed by atoms with Crippen LogP contribution in [0.1, 0.15) is 47.8 Å². The average molecular weight is 484 g/mol. The molecule has 36 heavy (non-hydrogen) atoms. The fourth-order valence-electron chi connectivity index (χ4n) is 6.19. The van der Waals surface area contributed by atoms with Crippen LogP contribution in [0.15, 0.2) is 48.8 Å². The van der Waals surface area contributed by atoms with Crippen LogP contribution in [-0.2, 0) is 17.6 Å². The van der Waals surface area contributed by atoms with Crippen LogP contribution in [0.25, 0.3) is 11.4 Å². The Balaban J connectivity index is 1.04. The molecule has 2 aliphatic heterocycles. The van der Waals surface area contributed by atoms with Gasteiger partial charge in [0, 0.05) is 55.4 Å². The highest BCUT2D eigenvalue weighted by Crippen LogP contribution is 2.48. The Labute approximate surface area is 212 Å². The number of pyridine rings is 1. The van der Waals surface area contributed by atoms with E-state index in [1.54, 1.807) is 13.3 Å². The van der Waals surface area contributed by atoms with Gasteiger partial charge in [-0.15, -0.1) is 0 Å². The number of hydrogen-bond donors (Lipinski definition) is 0. The molecule has 2 fully saturated rings. The number of fused-ring (bicyclic) bond motifs is 1. The van der Waals surface area contributed by atoms with E-state index in [2.05, 4.69) is 38.1 Å². The number of amides is 1. The quantitative estimate of drug-likeness (QED) is 0.546. The lowest BCUT2D eigenvalue weighted by atomic mass is 9.71. The molecule has 0 N–H and O–H groups in total. The molecule has 1 amide bonds. The van der Waals surface area contributed by atoms with Crippen LogP contribution in [-0.4, -0.2) is 63.9 Å². The van der Waals surface area contributed by atoms with Crippen LogP contribution in [0.5, 0.6) is 5.75 Å². The molecule has 3 aromatic rings. The third kappa shape index (κ3) is 4.37. The van der Waals surface area contributed by atoms with E-state index in [9.17, 15) is 4.79 Å². The van der Waals surface area contributed by atoms with Crippen LogP contribution in [0.2, 0.25) is 0 Å². The Bertz CT molecular complexity index is 1260. The summed E-state index contributed by atoms with van der Waals surface area (Å²) in [5.41, 5.74) is 6.19. The molecule has 1 atom stereocenters. The van der Waals surface area contributed by atoms with Crippen LogP contribution in [0, 0.1) is 12.3 Å². The number of hydrogen-bond acceptors (Lipinski definition) is 6. The average Bonchev–Trinajstić information content (AvgIpc) is 3.31. The molecular formula is C29H33N5O2. The fourth-order valence-corrected chi connectivity index (χ4v) is 6.19. The van der Waals surface area contributed by atoms with Crippen molar-refractivity contribution in [2.24, 2.45) is 5.41 Å². The largest absolute Gasteiger partial charge is 0.495 e. The molecule has 1 spiro atoms. The molecule has 2 aromatic heterocycles. The van der Waals surface area contributed by atoms with Gasteiger partial charge in [-0.2, -0.15) is 0 Å². The lowest BCUT2D eigenvalue weighted by Gasteiger charge is -2.56. The number of carbonyl (C=O) groups excluding carboxylic acids is 1. The smallest absolute Gasteiger partial charge is 0.228 e. The maximum Gasteiger partial charge on any atom is 0.228 e. The number of rotatable bonds is 5. The summed E-state index contributed by atoms with van der Waals surface area (Å²) in [6.07, 6.45) is 8.35. The van der Waals surface area contributed by atoms with Gasteiger partial charge in [-0.05, 0) is 73.4 Å². The van der Waals surface area contributed by atoms with Gasteiger partial charge in [0.2, 0.25) is 5.91 Å². The third-order valence-corrected chi connectivity index (χ3v) is 8.30. The van der Waals surface area contributed by atoms with E-state index in [1.165, 1.54) is 17.5 Å². The topological polar surface area (TPSA) is 71.5 Å². The summed E-state index contributed by atoms with van der Waals surface area (Å²) >= 11 is 0. The molecular weight excluding hydrogens is 450 g/mol. The number of nitrogens with zero attached hydrogens (tertiary/aromatic N) is 5. The summed E-state index contributed by atoms with van der Waals surface area (Å²) in [6.45, 7) is 5.99.